The lowest BCUT2D eigenvalue weighted by molar-refractivity contribution is 0.712. The maximum atomic E-state index is 10.8. The zero-order valence-electron chi connectivity index (χ0n) is 8.24. The molecule has 0 N–H and O–H groups in total. The minimum absolute atomic E-state index is 0.552. The van der Waals surface area contributed by atoms with Crippen LogP contribution in [0.2, 0.25) is 0 Å². The second-order valence-corrected chi connectivity index (χ2v) is 3.22. The Hall–Kier alpha value is -2.04. The molecule has 1 aromatic carbocycles. The Labute approximate surface area is 86.7 Å². The summed E-state index contributed by atoms with van der Waals surface area (Å²) in [5.41, 5.74) is 0.823. The normalized spacial score (nSPS) is 12.3. The Morgan fingerprint density at radius 3 is 2.60 bits per heavy atom. The minimum Gasteiger partial charge on any atom is -0.318 e. The average molecular weight is 202 g/mol. The molecule has 15 heavy (non-hydrogen) atoms. The van der Waals surface area contributed by atoms with Crippen LogP contribution in [0, 0.1) is 4.91 Å². The van der Waals surface area contributed by atoms with Gasteiger partial charge in [0.1, 0.15) is 6.33 Å². The van der Waals surface area contributed by atoms with Crippen LogP contribution in [-0.4, -0.2) is 14.8 Å². The largest absolute Gasteiger partial charge is 0.318 e. The minimum atomic E-state index is -0.585. The zero-order chi connectivity index (χ0) is 10.7. The van der Waals surface area contributed by atoms with Crippen molar-refractivity contribution in [2.45, 2.75) is 6.04 Å². The van der Waals surface area contributed by atoms with Crippen LogP contribution in [-0.2, 0) is 7.05 Å². The molecule has 2 aromatic rings. The van der Waals surface area contributed by atoms with E-state index >= 15 is 0 Å². The van der Waals surface area contributed by atoms with Crippen LogP contribution in [0.1, 0.15) is 17.4 Å². The van der Waals surface area contributed by atoms with Gasteiger partial charge in [-0.2, -0.15) is 0 Å². The molecule has 1 heterocycles. The van der Waals surface area contributed by atoms with Gasteiger partial charge in [0.05, 0.1) is 0 Å². The molecule has 0 aliphatic carbocycles. The van der Waals surface area contributed by atoms with E-state index < -0.39 is 6.04 Å². The molecular formula is C10H10N4O. The lowest BCUT2D eigenvalue weighted by atomic mass is 10.1. The maximum Gasteiger partial charge on any atom is 0.176 e. The molecule has 76 valence electrons. The highest BCUT2D eigenvalue weighted by Gasteiger charge is 2.19. The molecule has 0 aliphatic rings. The highest BCUT2D eigenvalue weighted by molar-refractivity contribution is 5.24. The number of rotatable bonds is 3. The smallest absolute Gasteiger partial charge is 0.176 e. The van der Waals surface area contributed by atoms with Gasteiger partial charge in [0.2, 0.25) is 0 Å². The third-order valence-corrected chi connectivity index (χ3v) is 2.21. The first kappa shape index (κ1) is 9.51. The molecule has 1 atom stereocenters. The first-order chi connectivity index (χ1) is 7.33. The highest BCUT2D eigenvalue weighted by atomic mass is 16.3. The predicted octanol–water partition coefficient (Wildman–Crippen LogP) is 1.67. The van der Waals surface area contributed by atoms with Crippen LogP contribution in [0.15, 0.2) is 41.8 Å². The van der Waals surface area contributed by atoms with E-state index in [4.69, 9.17) is 0 Å². The third-order valence-electron chi connectivity index (χ3n) is 2.21. The van der Waals surface area contributed by atoms with E-state index in [2.05, 4.69) is 15.4 Å². The van der Waals surface area contributed by atoms with Gasteiger partial charge in [-0.05, 0) is 5.56 Å². The van der Waals surface area contributed by atoms with Gasteiger partial charge in [0.25, 0.3) is 0 Å². The number of benzene rings is 1. The summed E-state index contributed by atoms with van der Waals surface area (Å²) in [7, 11) is 1.79. The van der Waals surface area contributed by atoms with Crippen LogP contribution >= 0.6 is 0 Å². The quantitative estimate of drug-likeness (QED) is 0.711. The lowest BCUT2D eigenvalue weighted by Crippen LogP contribution is -2.04. The molecule has 0 aliphatic heterocycles. The van der Waals surface area contributed by atoms with Gasteiger partial charge in [-0.3, -0.25) is 0 Å². The second-order valence-electron chi connectivity index (χ2n) is 3.22. The third kappa shape index (κ3) is 1.76. The topological polar surface area (TPSA) is 60.1 Å². The molecule has 1 aromatic heterocycles. The number of nitrogens with zero attached hydrogens (tertiary/aromatic N) is 4. The van der Waals surface area contributed by atoms with Crippen LogP contribution in [0.25, 0.3) is 0 Å². The fourth-order valence-corrected chi connectivity index (χ4v) is 1.43. The molecule has 5 heteroatoms. The summed E-state index contributed by atoms with van der Waals surface area (Å²) in [6.07, 6.45) is 1.55. The maximum absolute atomic E-state index is 10.8. The van der Waals surface area contributed by atoms with Gasteiger partial charge < -0.3 is 4.57 Å². The Bertz CT molecular complexity index is 451. The zero-order valence-corrected chi connectivity index (χ0v) is 8.24. The SMILES string of the molecule is Cn1cnnc1C(N=O)c1ccccc1. The fourth-order valence-electron chi connectivity index (χ4n) is 1.43. The molecule has 0 saturated heterocycles. The van der Waals surface area contributed by atoms with Crippen LogP contribution in [0.5, 0.6) is 0 Å². The Morgan fingerprint density at radius 2 is 2.07 bits per heavy atom. The van der Waals surface area contributed by atoms with E-state index in [0.717, 1.165) is 5.56 Å². The first-order valence-corrected chi connectivity index (χ1v) is 4.54. The van der Waals surface area contributed by atoms with Gasteiger partial charge in [0, 0.05) is 7.05 Å². The number of aromatic nitrogens is 3. The van der Waals surface area contributed by atoms with Crippen molar-refractivity contribution in [2.75, 3.05) is 0 Å². The molecule has 0 fully saturated rings. The molecule has 0 spiro atoms. The monoisotopic (exact) mass is 202 g/mol. The van der Waals surface area contributed by atoms with E-state index in [1.165, 1.54) is 0 Å². The molecule has 0 bridgehead atoms. The van der Waals surface area contributed by atoms with Crippen molar-refractivity contribution in [2.24, 2.45) is 12.2 Å². The van der Waals surface area contributed by atoms with E-state index in [1.54, 1.807) is 17.9 Å². The molecule has 1 unspecified atom stereocenters. The van der Waals surface area contributed by atoms with Crippen molar-refractivity contribution in [3.63, 3.8) is 0 Å². The van der Waals surface area contributed by atoms with Gasteiger partial charge in [-0.1, -0.05) is 35.5 Å². The summed E-state index contributed by atoms with van der Waals surface area (Å²) in [6, 6.07) is 8.73. The standard InChI is InChI=1S/C10H10N4O/c1-14-7-11-12-10(14)9(13-15)8-5-3-2-4-6-8/h2-7,9H,1H3. The molecular weight excluding hydrogens is 192 g/mol. The van der Waals surface area contributed by atoms with E-state index in [-0.39, 0.29) is 0 Å². The van der Waals surface area contributed by atoms with Crippen molar-refractivity contribution in [1.29, 1.82) is 0 Å². The summed E-state index contributed by atoms with van der Waals surface area (Å²) < 4.78 is 1.69. The summed E-state index contributed by atoms with van der Waals surface area (Å²) in [6.45, 7) is 0. The van der Waals surface area contributed by atoms with E-state index in [0.29, 0.717) is 5.82 Å². The highest BCUT2D eigenvalue weighted by Crippen LogP contribution is 2.22. The lowest BCUT2D eigenvalue weighted by Gasteiger charge is -2.07. The van der Waals surface area contributed by atoms with E-state index in [1.807, 2.05) is 30.3 Å². The molecule has 0 amide bonds. The van der Waals surface area contributed by atoms with Crippen molar-refractivity contribution >= 4 is 0 Å². The Kier molecular flexibility index (Phi) is 2.53. The Balaban J connectivity index is 2.42. The van der Waals surface area contributed by atoms with Crippen LogP contribution in [0.3, 0.4) is 0 Å². The van der Waals surface area contributed by atoms with Gasteiger partial charge in [-0.25, -0.2) is 0 Å². The van der Waals surface area contributed by atoms with Crippen molar-refractivity contribution in [3.05, 3.63) is 53.0 Å². The number of nitroso groups, excluding NO2 is 1. The molecule has 0 radical (unpaired) electrons. The van der Waals surface area contributed by atoms with Crippen molar-refractivity contribution in [3.8, 4) is 0 Å². The van der Waals surface area contributed by atoms with Gasteiger partial charge in [0.15, 0.2) is 11.9 Å². The van der Waals surface area contributed by atoms with Crippen LogP contribution < -0.4 is 0 Å². The number of hydrogen-bond donors (Lipinski definition) is 0. The van der Waals surface area contributed by atoms with Crippen molar-refractivity contribution < 1.29 is 0 Å². The summed E-state index contributed by atoms with van der Waals surface area (Å²) in [5.74, 6) is 0.552. The van der Waals surface area contributed by atoms with Crippen LogP contribution in [0.4, 0.5) is 0 Å². The van der Waals surface area contributed by atoms with Gasteiger partial charge in [-0.15, -0.1) is 15.1 Å². The molecule has 2 rings (SSSR count). The second kappa shape index (κ2) is 4.00. The summed E-state index contributed by atoms with van der Waals surface area (Å²) in [4.78, 5) is 10.8. The molecule has 0 saturated carbocycles. The number of aryl methyl sites for hydroxylation is 1. The fraction of sp³-hybridized carbons (Fsp3) is 0.200. The van der Waals surface area contributed by atoms with Gasteiger partial charge >= 0.3 is 0 Å². The summed E-state index contributed by atoms with van der Waals surface area (Å²) >= 11 is 0. The number of hydrogen-bond acceptors (Lipinski definition) is 4. The predicted molar refractivity (Wildman–Crippen MR) is 55.1 cm³/mol. The molecule has 5 nitrogen and oxygen atoms in total. The first-order valence-electron chi connectivity index (χ1n) is 4.54. The van der Waals surface area contributed by atoms with E-state index in [9.17, 15) is 4.91 Å². The van der Waals surface area contributed by atoms with Crippen molar-refractivity contribution in [1.82, 2.24) is 14.8 Å². The summed E-state index contributed by atoms with van der Waals surface area (Å²) in [5, 5.41) is 10.7. The Morgan fingerprint density at radius 1 is 1.33 bits per heavy atom. The average Bonchev–Trinajstić information content (AvgIpc) is 2.68.